The zero-order valence-electron chi connectivity index (χ0n) is 16.5. The molecule has 8 nitrogen and oxygen atoms in total. The molecule has 1 fully saturated rings. The third kappa shape index (κ3) is 3.76. The molecule has 2 aliphatic heterocycles. The van der Waals surface area contributed by atoms with Gasteiger partial charge in [-0.2, -0.15) is 0 Å². The fourth-order valence-electron chi connectivity index (χ4n) is 4.41. The highest BCUT2D eigenvalue weighted by atomic mass is 16.5. The normalized spacial score (nSPS) is 21.8. The van der Waals surface area contributed by atoms with Crippen molar-refractivity contribution in [1.82, 2.24) is 14.5 Å². The van der Waals surface area contributed by atoms with E-state index in [4.69, 9.17) is 4.74 Å². The Kier molecular flexibility index (Phi) is 5.36. The van der Waals surface area contributed by atoms with Gasteiger partial charge in [0, 0.05) is 38.2 Å². The molecule has 1 aromatic heterocycles. The number of ether oxygens (including phenoxy) is 1. The molecule has 2 atom stereocenters. The summed E-state index contributed by atoms with van der Waals surface area (Å²) >= 11 is 0. The first kappa shape index (κ1) is 19.6. The number of benzene rings is 1. The number of carboxylic acid groups (broad SMARTS) is 1. The summed E-state index contributed by atoms with van der Waals surface area (Å²) in [5.74, 6) is -0.427. The fourth-order valence-corrected chi connectivity index (χ4v) is 4.41. The van der Waals surface area contributed by atoms with Gasteiger partial charge in [-0.25, -0.2) is 4.98 Å². The van der Waals surface area contributed by atoms with Crippen molar-refractivity contribution in [2.24, 2.45) is 0 Å². The summed E-state index contributed by atoms with van der Waals surface area (Å²) in [6, 6.07) is 4.54. The first-order chi connectivity index (χ1) is 14.0. The number of aromatic nitrogens is 2. The molecule has 0 radical (unpaired) electrons. The summed E-state index contributed by atoms with van der Waals surface area (Å²) in [5.41, 5.74) is 0.872. The molecule has 1 N–H and O–H groups in total. The van der Waals surface area contributed by atoms with Gasteiger partial charge in [0.2, 0.25) is 0 Å². The monoisotopic (exact) mass is 399 g/mol. The smallest absolute Gasteiger partial charge is 0.305 e. The van der Waals surface area contributed by atoms with E-state index in [1.807, 2.05) is 0 Å². The molecule has 1 saturated heterocycles. The molecule has 3 heterocycles. The van der Waals surface area contributed by atoms with Crippen LogP contribution in [0.4, 0.5) is 0 Å². The van der Waals surface area contributed by atoms with Gasteiger partial charge in [-0.3, -0.25) is 19.0 Å². The number of methoxy groups -OCH3 is 1. The number of aryl methyl sites for hydroxylation is 1. The van der Waals surface area contributed by atoms with E-state index in [0.717, 1.165) is 31.5 Å². The number of likely N-dealkylation sites (tertiary alicyclic amines) is 1. The molecule has 1 aromatic carbocycles. The lowest BCUT2D eigenvalue weighted by Gasteiger charge is -2.23. The lowest BCUT2D eigenvalue weighted by molar-refractivity contribution is -0.138. The number of hydrogen-bond acceptors (Lipinski definition) is 5. The van der Waals surface area contributed by atoms with Crippen LogP contribution in [-0.4, -0.2) is 57.2 Å². The maximum Gasteiger partial charge on any atom is 0.305 e. The molecular formula is C21H25N3O5. The minimum Gasteiger partial charge on any atom is -0.481 e. The van der Waals surface area contributed by atoms with E-state index in [0.29, 0.717) is 36.0 Å². The Morgan fingerprint density at radius 2 is 2.10 bits per heavy atom. The van der Waals surface area contributed by atoms with Crippen molar-refractivity contribution in [3.8, 4) is 0 Å². The number of fused-ring (bicyclic) bond motifs is 2. The molecule has 154 valence electrons. The maximum absolute atomic E-state index is 13.1. The predicted molar refractivity (Wildman–Crippen MR) is 106 cm³/mol. The highest BCUT2D eigenvalue weighted by Gasteiger charge is 2.37. The molecule has 0 bridgehead atoms. The average Bonchev–Trinajstić information content (AvgIpc) is 2.95. The van der Waals surface area contributed by atoms with Crippen LogP contribution in [0.15, 0.2) is 23.0 Å². The zero-order chi connectivity index (χ0) is 20.5. The molecule has 2 unspecified atom stereocenters. The minimum absolute atomic E-state index is 0.0599. The molecule has 2 aliphatic rings. The van der Waals surface area contributed by atoms with Crippen molar-refractivity contribution in [3.05, 3.63) is 39.9 Å². The van der Waals surface area contributed by atoms with E-state index in [-0.39, 0.29) is 24.0 Å². The summed E-state index contributed by atoms with van der Waals surface area (Å²) < 4.78 is 7.11. The van der Waals surface area contributed by atoms with Crippen molar-refractivity contribution in [2.75, 3.05) is 13.7 Å². The number of aliphatic carboxylic acids is 1. The van der Waals surface area contributed by atoms with Crippen molar-refractivity contribution >= 4 is 22.8 Å². The number of rotatable bonds is 4. The second kappa shape index (κ2) is 7.94. The molecule has 0 saturated carbocycles. The summed E-state index contributed by atoms with van der Waals surface area (Å²) in [6.07, 6.45) is 4.00. The average molecular weight is 399 g/mol. The van der Waals surface area contributed by atoms with Crippen LogP contribution >= 0.6 is 0 Å². The molecule has 8 heteroatoms. The molecule has 1 amide bonds. The molecule has 2 aromatic rings. The van der Waals surface area contributed by atoms with Gasteiger partial charge in [0.05, 0.1) is 23.4 Å². The van der Waals surface area contributed by atoms with Gasteiger partial charge in [-0.1, -0.05) is 6.42 Å². The SMILES string of the molecule is COC1CC(CC(=O)O)N(C(=O)c2ccc3c(=O)n4c(nc3c2)CCCCC4)C1. The number of carbonyl (C=O) groups excluding carboxylic acids is 1. The number of amides is 1. The number of hydrogen-bond donors (Lipinski definition) is 1. The lowest BCUT2D eigenvalue weighted by atomic mass is 10.1. The van der Waals surface area contributed by atoms with E-state index in [9.17, 15) is 19.5 Å². The second-order valence-electron chi connectivity index (χ2n) is 7.83. The van der Waals surface area contributed by atoms with Crippen molar-refractivity contribution in [2.45, 2.75) is 57.2 Å². The maximum atomic E-state index is 13.1. The largest absolute Gasteiger partial charge is 0.481 e. The summed E-state index contributed by atoms with van der Waals surface area (Å²) in [4.78, 5) is 43.5. The molecule has 0 spiro atoms. The molecule has 4 rings (SSSR count). The minimum atomic E-state index is -0.944. The Morgan fingerprint density at radius 1 is 1.28 bits per heavy atom. The van der Waals surface area contributed by atoms with Crippen molar-refractivity contribution in [1.29, 1.82) is 0 Å². The van der Waals surface area contributed by atoms with E-state index >= 15 is 0 Å². The van der Waals surface area contributed by atoms with Crippen LogP contribution in [0, 0.1) is 0 Å². The third-order valence-corrected chi connectivity index (χ3v) is 5.94. The van der Waals surface area contributed by atoms with Crippen LogP contribution in [0.3, 0.4) is 0 Å². The molecular weight excluding hydrogens is 374 g/mol. The highest BCUT2D eigenvalue weighted by molar-refractivity contribution is 5.98. The van der Waals surface area contributed by atoms with Gasteiger partial charge in [0.25, 0.3) is 11.5 Å². The summed E-state index contributed by atoms with van der Waals surface area (Å²) in [5, 5.41) is 9.69. The Hall–Kier alpha value is -2.74. The van der Waals surface area contributed by atoms with Crippen LogP contribution in [0.25, 0.3) is 10.9 Å². The van der Waals surface area contributed by atoms with Crippen molar-refractivity contribution in [3.63, 3.8) is 0 Å². The number of carboxylic acids is 1. The van der Waals surface area contributed by atoms with Crippen molar-refractivity contribution < 1.29 is 19.4 Å². The first-order valence-corrected chi connectivity index (χ1v) is 10.1. The van der Waals surface area contributed by atoms with E-state index < -0.39 is 12.0 Å². The summed E-state index contributed by atoms with van der Waals surface area (Å²) in [6.45, 7) is 1.03. The van der Waals surface area contributed by atoms with Gasteiger partial charge in [-0.15, -0.1) is 0 Å². The van der Waals surface area contributed by atoms with Gasteiger partial charge >= 0.3 is 5.97 Å². The van der Waals surface area contributed by atoms with E-state index in [1.54, 1.807) is 34.8 Å². The third-order valence-electron chi connectivity index (χ3n) is 5.94. The van der Waals surface area contributed by atoms with E-state index in [2.05, 4.69) is 4.98 Å². The zero-order valence-corrected chi connectivity index (χ0v) is 16.5. The van der Waals surface area contributed by atoms with Gasteiger partial charge in [-0.05, 0) is 37.5 Å². The Labute approximate surface area is 168 Å². The second-order valence-corrected chi connectivity index (χ2v) is 7.83. The van der Waals surface area contributed by atoms with Crippen LogP contribution in [0.1, 0.15) is 48.3 Å². The van der Waals surface area contributed by atoms with E-state index in [1.165, 1.54) is 0 Å². The van der Waals surface area contributed by atoms with Crippen LogP contribution < -0.4 is 5.56 Å². The van der Waals surface area contributed by atoms with Crippen LogP contribution in [-0.2, 0) is 22.5 Å². The molecule has 0 aliphatic carbocycles. The van der Waals surface area contributed by atoms with Gasteiger partial charge in [0.1, 0.15) is 5.82 Å². The molecule has 29 heavy (non-hydrogen) atoms. The Bertz CT molecular complexity index is 1020. The highest BCUT2D eigenvalue weighted by Crippen LogP contribution is 2.26. The first-order valence-electron chi connectivity index (χ1n) is 10.1. The Balaban J connectivity index is 1.69. The standard InChI is InChI=1S/C21H25N3O5/c1-29-15-10-14(11-19(25)26)24(12-15)20(27)13-6-7-16-17(9-13)22-18-5-3-2-4-8-23(18)21(16)28/h6-7,9,14-15H,2-5,8,10-12H2,1H3,(H,25,26). The predicted octanol–water partition coefficient (Wildman–Crippen LogP) is 1.83. The van der Waals surface area contributed by atoms with Crippen LogP contribution in [0.5, 0.6) is 0 Å². The quantitative estimate of drug-likeness (QED) is 0.842. The lowest BCUT2D eigenvalue weighted by Crippen LogP contribution is -2.37. The fraction of sp³-hybridized carbons (Fsp3) is 0.524. The van der Waals surface area contributed by atoms with Gasteiger partial charge in [0.15, 0.2) is 0 Å². The number of nitrogens with zero attached hydrogens (tertiary/aromatic N) is 3. The summed E-state index contributed by atoms with van der Waals surface area (Å²) in [7, 11) is 1.57. The Morgan fingerprint density at radius 3 is 2.86 bits per heavy atom. The van der Waals surface area contributed by atoms with Gasteiger partial charge < -0.3 is 14.7 Å². The van der Waals surface area contributed by atoms with Crippen LogP contribution in [0.2, 0.25) is 0 Å². The number of carbonyl (C=O) groups is 2. The topological polar surface area (TPSA) is 102 Å².